The highest BCUT2D eigenvalue weighted by Gasteiger charge is 2.76. The largest absolute Gasteiger partial charge is 0.492 e. The van der Waals surface area contributed by atoms with Gasteiger partial charge in [0.25, 0.3) is 11.6 Å². The van der Waals surface area contributed by atoms with Gasteiger partial charge in [-0.05, 0) is 31.7 Å². The summed E-state index contributed by atoms with van der Waals surface area (Å²) in [7, 11) is 0. The molecule has 0 saturated carbocycles. The van der Waals surface area contributed by atoms with E-state index in [1.165, 1.54) is 9.80 Å². The number of amides is 4. The van der Waals surface area contributed by atoms with Crippen molar-refractivity contribution in [2.75, 3.05) is 26.2 Å². The molecule has 9 N–H and O–H groups in total. The third-order valence-electron chi connectivity index (χ3n) is 9.23. The van der Waals surface area contributed by atoms with Gasteiger partial charge >= 0.3 is 12.0 Å². The number of aliphatic hydroxyl groups is 2. The Hall–Kier alpha value is -4.11. The first-order valence-electron chi connectivity index (χ1n) is 14.1. The van der Waals surface area contributed by atoms with Gasteiger partial charge in [-0.2, -0.15) is 0 Å². The highest BCUT2D eigenvalue weighted by atomic mass is 16.5. The van der Waals surface area contributed by atoms with Gasteiger partial charge < -0.3 is 30.9 Å². The Morgan fingerprint density at radius 3 is 2.71 bits per heavy atom. The quantitative estimate of drug-likeness (QED) is 0.133. The van der Waals surface area contributed by atoms with Gasteiger partial charge in [-0.25, -0.2) is 15.1 Å². The van der Waals surface area contributed by atoms with Crippen LogP contribution >= 0.6 is 0 Å². The van der Waals surface area contributed by atoms with Crippen LogP contribution in [0.15, 0.2) is 23.2 Å². The van der Waals surface area contributed by atoms with Gasteiger partial charge in [0.05, 0.1) is 25.3 Å². The monoisotopic (exact) mass is 584 g/mol. The van der Waals surface area contributed by atoms with Crippen LogP contribution in [-0.2, 0) is 10.2 Å². The molecule has 1 aromatic rings. The molecule has 0 radical (unpaired) electrons. The van der Waals surface area contributed by atoms with Gasteiger partial charge in [0.15, 0.2) is 12.0 Å². The van der Waals surface area contributed by atoms with Crippen LogP contribution in [0.2, 0.25) is 0 Å². The van der Waals surface area contributed by atoms with Crippen molar-refractivity contribution in [2.45, 2.75) is 75.1 Å². The van der Waals surface area contributed by atoms with E-state index in [4.69, 9.17) is 16.2 Å². The molecule has 15 nitrogen and oxygen atoms in total. The summed E-state index contributed by atoms with van der Waals surface area (Å²) in [6.07, 6.45) is 0.795. The minimum Gasteiger partial charge on any atom is -0.492 e. The number of benzene rings is 1. The third-order valence-corrected chi connectivity index (χ3v) is 9.23. The number of nitrogens with zero attached hydrogens (tertiary/aromatic N) is 4. The average Bonchev–Trinajstić information content (AvgIpc) is 3.49. The topological polar surface area (TPSA) is 213 Å². The molecule has 6 rings (SSSR count). The zero-order valence-corrected chi connectivity index (χ0v) is 24.0. The number of hydrogen-bond donors (Lipinski definition) is 7. The van der Waals surface area contributed by atoms with Gasteiger partial charge in [-0.15, -0.1) is 0 Å². The molecular formula is C27H38N9O6+. The Bertz CT molecular complexity index is 1420. The zero-order chi connectivity index (χ0) is 30.4. The number of imide groups is 1. The van der Waals surface area contributed by atoms with Crippen molar-refractivity contribution in [3.05, 3.63) is 29.3 Å². The minimum absolute atomic E-state index is 0.0231. The SMILES string of the molecule is CC(C)N1CC(=O)N(C[C@@H]2N=C(N)N3CC(NC(=O)c4cccc5c4OCCC5(C)C)C(O)(O)[C@@]34NC(N)=[NH+][C@@H]24)C1=O. The number of hydrogen-bond acceptors (Lipinski definition) is 11. The molecule has 42 heavy (non-hydrogen) atoms. The Kier molecular flexibility index (Phi) is 6.14. The van der Waals surface area contributed by atoms with Gasteiger partial charge in [0.2, 0.25) is 11.7 Å². The standard InChI is InChI=1S/C27H37N9O6/c1-13(2)34-12-18(37)35(24(34)39)10-16-20-26(33-22(28)32-20)27(40,41)17(11-36(26)23(29)30-16)31-21(38)14-6-5-7-15-19(14)42-9-8-25(15,3)4/h5-7,13,16-17,20,40-41H,8-12H2,1-4H3,(H2,29,30)(H,31,38)(H3,28,32,33)/p+1/t16-,17?,20-,26-/m0/s1. The van der Waals surface area contributed by atoms with E-state index in [-0.39, 0.29) is 48.6 Å². The summed E-state index contributed by atoms with van der Waals surface area (Å²) in [5.41, 5.74) is 11.7. The lowest BCUT2D eigenvalue weighted by molar-refractivity contribution is -0.521. The summed E-state index contributed by atoms with van der Waals surface area (Å²) in [6.45, 7) is 7.89. The summed E-state index contributed by atoms with van der Waals surface area (Å²) in [5.74, 6) is -3.16. The van der Waals surface area contributed by atoms with Crippen LogP contribution in [0.4, 0.5) is 4.79 Å². The van der Waals surface area contributed by atoms with Crippen LogP contribution in [0.5, 0.6) is 5.75 Å². The fourth-order valence-electron chi connectivity index (χ4n) is 6.83. The molecule has 4 atom stereocenters. The molecule has 4 amide bonds. The van der Waals surface area contributed by atoms with E-state index < -0.39 is 47.4 Å². The number of guanidine groups is 2. The lowest BCUT2D eigenvalue weighted by Crippen LogP contribution is -2.90. The molecular weight excluding hydrogens is 546 g/mol. The van der Waals surface area contributed by atoms with E-state index in [0.29, 0.717) is 12.4 Å². The van der Waals surface area contributed by atoms with Crippen LogP contribution in [-0.4, -0.2) is 117 Å². The smallest absolute Gasteiger partial charge is 0.343 e. The van der Waals surface area contributed by atoms with E-state index in [1.54, 1.807) is 12.1 Å². The van der Waals surface area contributed by atoms with Gasteiger partial charge in [0, 0.05) is 11.6 Å². The Balaban J connectivity index is 1.30. The summed E-state index contributed by atoms with van der Waals surface area (Å²) in [5, 5.41) is 29.3. The van der Waals surface area contributed by atoms with Crippen LogP contribution in [0.3, 0.4) is 0 Å². The van der Waals surface area contributed by atoms with E-state index in [9.17, 15) is 24.6 Å². The Morgan fingerprint density at radius 1 is 1.29 bits per heavy atom. The molecule has 15 heteroatoms. The number of nitrogens with two attached hydrogens (primary N) is 2. The molecule has 0 bridgehead atoms. The second-order valence-electron chi connectivity index (χ2n) is 12.5. The van der Waals surface area contributed by atoms with E-state index >= 15 is 0 Å². The number of ether oxygens (including phenoxy) is 1. The van der Waals surface area contributed by atoms with Crippen molar-refractivity contribution < 1.29 is 34.3 Å². The molecule has 2 fully saturated rings. The second kappa shape index (κ2) is 9.19. The molecule has 226 valence electrons. The van der Waals surface area contributed by atoms with E-state index in [1.807, 2.05) is 19.9 Å². The molecule has 0 aromatic heterocycles. The lowest BCUT2D eigenvalue weighted by atomic mass is 9.79. The molecule has 1 spiro atoms. The maximum atomic E-state index is 13.6. The molecule has 1 aromatic carbocycles. The number of para-hydroxylation sites is 1. The highest BCUT2D eigenvalue weighted by Crippen LogP contribution is 2.43. The predicted molar refractivity (Wildman–Crippen MR) is 149 cm³/mol. The van der Waals surface area contributed by atoms with Crippen molar-refractivity contribution in [1.82, 2.24) is 25.3 Å². The van der Waals surface area contributed by atoms with Crippen molar-refractivity contribution >= 4 is 29.8 Å². The van der Waals surface area contributed by atoms with Gasteiger partial charge in [0.1, 0.15) is 24.4 Å². The second-order valence-corrected chi connectivity index (χ2v) is 12.5. The van der Waals surface area contributed by atoms with Crippen LogP contribution in [0.1, 0.15) is 50.0 Å². The number of nitrogens with one attached hydrogen (secondary N) is 3. The fourth-order valence-corrected chi connectivity index (χ4v) is 6.83. The number of aliphatic imine (C=N–C) groups is 1. The third kappa shape index (κ3) is 3.82. The van der Waals surface area contributed by atoms with Crippen molar-refractivity contribution in [3.63, 3.8) is 0 Å². The summed E-state index contributed by atoms with van der Waals surface area (Å²) in [4.78, 5) is 50.9. The molecule has 5 aliphatic heterocycles. The number of fused-ring (bicyclic) bond motifs is 1. The Labute approximate surface area is 242 Å². The molecule has 1 unspecified atom stereocenters. The predicted octanol–water partition coefficient (Wildman–Crippen LogP) is -3.73. The van der Waals surface area contributed by atoms with Crippen LogP contribution in [0, 0.1) is 0 Å². The maximum Gasteiger partial charge on any atom is 0.343 e. The first kappa shape index (κ1) is 28.0. The van der Waals surface area contributed by atoms with E-state index in [0.717, 1.165) is 16.9 Å². The average molecular weight is 585 g/mol. The fraction of sp³-hybridized carbons (Fsp3) is 0.593. The van der Waals surface area contributed by atoms with Crippen LogP contribution < -0.4 is 31.8 Å². The molecule has 2 saturated heterocycles. The van der Waals surface area contributed by atoms with E-state index in [2.05, 4.69) is 34.5 Å². The van der Waals surface area contributed by atoms with Crippen molar-refractivity contribution in [1.29, 1.82) is 0 Å². The highest BCUT2D eigenvalue weighted by molar-refractivity contribution is 6.02. The molecule has 5 heterocycles. The summed E-state index contributed by atoms with van der Waals surface area (Å²) in [6, 6.07) is 1.60. The van der Waals surface area contributed by atoms with Gasteiger partial charge in [-0.1, -0.05) is 26.0 Å². The first-order chi connectivity index (χ1) is 19.7. The Morgan fingerprint density at radius 2 is 2.02 bits per heavy atom. The minimum atomic E-state index is -2.64. The first-order valence-corrected chi connectivity index (χ1v) is 14.1. The molecule has 5 aliphatic rings. The van der Waals surface area contributed by atoms with Crippen molar-refractivity contribution in [3.8, 4) is 5.75 Å². The maximum absolute atomic E-state index is 13.6. The lowest BCUT2D eigenvalue weighted by Gasteiger charge is -2.46. The van der Waals surface area contributed by atoms with Crippen molar-refractivity contribution in [2.24, 2.45) is 16.5 Å². The number of rotatable bonds is 5. The van der Waals surface area contributed by atoms with Crippen LogP contribution in [0.25, 0.3) is 0 Å². The normalized spacial score (nSPS) is 30.7. The number of urea groups is 1. The van der Waals surface area contributed by atoms with Gasteiger partial charge in [-0.3, -0.25) is 30.1 Å². The number of carbonyl (C=O) groups is 3. The summed E-state index contributed by atoms with van der Waals surface area (Å²) < 4.78 is 5.90. The zero-order valence-electron chi connectivity index (χ0n) is 24.0. The molecule has 0 aliphatic carbocycles. The number of carbonyl (C=O) groups excluding carboxylic acids is 3. The summed E-state index contributed by atoms with van der Waals surface area (Å²) >= 11 is 0.